The smallest absolute Gasteiger partial charge is 0.142 e. The van der Waals surface area contributed by atoms with E-state index in [1.807, 2.05) is 38.4 Å². The lowest BCUT2D eigenvalue weighted by Gasteiger charge is -2.38. The quantitative estimate of drug-likeness (QED) is 0.770. The van der Waals surface area contributed by atoms with E-state index < -0.39 is 18.6 Å². The molecule has 0 aromatic heterocycles. The molecule has 2 aliphatic rings. The molecule has 2 fully saturated rings. The van der Waals surface area contributed by atoms with Crippen molar-refractivity contribution in [2.45, 2.75) is 42.7 Å². The molecule has 6 heteroatoms. The van der Waals surface area contributed by atoms with Crippen LogP contribution in [0.4, 0.5) is 0 Å². The SMILES string of the molecule is CN1[C@@H]2CCCC[C@H]2N(C)[P+]1([O-])c1ccccc1S(C)=O. The Morgan fingerprint density at radius 1 is 1.14 bits per heavy atom. The zero-order valence-corrected chi connectivity index (χ0v) is 14.6. The lowest BCUT2D eigenvalue weighted by atomic mass is 9.91. The molecule has 0 spiro atoms. The first-order valence-electron chi connectivity index (χ1n) is 7.47. The van der Waals surface area contributed by atoms with Crippen molar-refractivity contribution in [1.29, 1.82) is 0 Å². The minimum atomic E-state index is -2.83. The molecule has 1 saturated carbocycles. The van der Waals surface area contributed by atoms with Crippen LogP contribution in [-0.2, 0) is 10.8 Å². The Labute approximate surface area is 130 Å². The van der Waals surface area contributed by atoms with E-state index in [2.05, 4.69) is 9.34 Å². The van der Waals surface area contributed by atoms with Crippen LogP contribution in [0.15, 0.2) is 29.2 Å². The number of hydrogen-bond donors (Lipinski definition) is 0. The molecule has 1 saturated heterocycles. The van der Waals surface area contributed by atoms with Crippen LogP contribution in [0.3, 0.4) is 0 Å². The highest BCUT2D eigenvalue weighted by atomic mass is 32.2. The summed E-state index contributed by atoms with van der Waals surface area (Å²) in [6.07, 6.45) is 6.29. The molecule has 3 atom stereocenters. The van der Waals surface area contributed by atoms with Crippen LogP contribution in [0.1, 0.15) is 25.7 Å². The fraction of sp³-hybridized carbons (Fsp3) is 0.600. The van der Waals surface area contributed by atoms with Gasteiger partial charge >= 0.3 is 0 Å². The van der Waals surface area contributed by atoms with Crippen molar-refractivity contribution in [1.82, 2.24) is 9.34 Å². The van der Waals surface area contributed by atoms with Gasteiger partial charge < -0.3 is 4.89 Å². The molecular weight excluding hydrogens is 303 g/mol. The highest BCUT2D eigenvalue weighted by molar-refractivity contribution is 7.85. The van der Waals surface area contributed by atoms with Gasteiger partial charge in [-0.3, -0.25) is 4.21 Å². The second-order valence-corrected chi connectivity index (χ2v) is 10.2. The Balaban J connectivity index is 2.10. The van der Waals surface area contributed by atoms with Crippen molar-refractivity contribution in [3.8, 4) is 0 Å². The number of nitrogens with zero attached hydrogens (tertiary/aromatic N) is 2. The van der Waals surface area contributed by atoms with E-state index in [9.17, 15) is 9.10 Å². The van der Waals surface area contributed by atoms with E-state index in [1.54, 1.807) is 6.26 Å². The third kappa shape index (κ3) is 2.30. The van der Waals surface area contributed by atoms with Crippen LogP contribution in [0.5, 0.6) is 0 Å². The zero-order chi connectivity index (χ0) is 15.2. The van der Waals surface area contributed by atoms with Gasteiger partial charge in [-0.1, -0.05) is 25.0 Å². The summed E-state index contributed by atoms with van der Waals surface area (Å²) in [7, 11) is -0.00666. The van der Waals surface area contributed by atoms with Gasteiger partial charge in [-0.15, -0.1) is 0 Å². The van der Waals surface area contributed by atoms with Gasteiger partial charge in [0.2, 0.25) is 0 Å². The standard InChI is InChI=1S/C15H23N2O2PS/c1-16-12-8-4-5-9-13(12)17(2)20(16,18)14-10-6-7-11-15(14)21(3)19/h6-7,10-13H,4-5,8-9H2,1-3H3/t12-,13-,21?/m1/s1. The minimum absolute atomic E-state index is 0.355. The van der Waals surface area contributed by atoms with E-state index >= 15 is 0 Å². The van der Waals surface area contributed by atoms with Crippen LogP contribution in [0.25, 0.3) is 0 Å². The minimum Gasteiger partial charge on any atom is -0.646 e. The van der Waals surface area contributed by atoms with Gasteiger partial charge in [0.15, 0.2) is 0 Å². The summed E-state index contributed by atoms with van der Waals surface area (Å²) in [5.74, 6) is 0. The molecule has 1 aromatic carbocycles. The number of likely N-dealkylation sites (N-methyl/N-ethyl adjacent to an activating group) is 2. The van der Waals surface area contributed by atoms with Crippen molar-refractivity contribution < 1.29 is 9.10 Å². The number of fused-ring (bicyclic) bond motifs is 1. The normalized spacial score (nSPS) is 31.0. The molecule has 21 heavy (non-hydrogen) atoms. The molecule has 0 radical (unpaired) electrons. The summed E-state index contributed by atoms with van der Waals surface area (Å²) in [6.45, 7) is 0. The first kappa shape index (κ1) is 15.6. The molecule has 1 heterocycles. The van der Waals surface area contributed by atoms with E-state index in [4.69, 9.17) is 0 Å². The fourth-order valence-electron chi connectivity index (χ4n) is 3.87. The maximum absolute atomic E-state index is 13.9. The lowest BCUT2D eigenvalue weighted by Crippen LogP contribution is -2.40. The molecule has 0 bridgehead atoms. The molecule has 3 rings (SSSR count). The molecule has 0 amide bonds. The summed E-state index contributed by atoms with van der Waals surface area (Å²) >= 11 is 0. The van der Waals surface area contributed by atoms with Gasteiger partial charge in [0.25, 0.3) is 0 Å². The van der Waals surface area contributed by atoms with Gasteiger partial charge in [-0.05, 0) is 25.0 Å². The van der Waals surface area contributed by atoms with Gasteiger partial charge in [0, 0.05) is 20.4 Å². The third-order valence-corrected chi connectivity index (χ3v) is 9.45. The van der Waals surface area contributed by atoms with Crippen LogP contribution < -0.4 is 10.2 Å². The number of rotatable bonds is 2. The highest BCUT2D eigenvalue weighted by Gasteiger charge is 2.57. The molecule has 1 aromatic rings. The Morgan fingerprint density at radius 2 is 1.67 bits per heavy atom. The van der Waals surface area contributed by atoms with Crippen LogP contribution in [0.2, 0.25) is 0 Å². The Bertz CT molecular complexity index is 550. The number of benzene rings is 1. The topological polar surface area (TPSA) is 46.6 Å². The van der Waals surface area contributed by atoms with E-state index in [1.165, 1.54) is 12.8 Å². The summed E-state index contributed by atoms with van der Waals surface area (Å²) in [5, 5.41) is 0.755. The average Bonchev–Trinajstić information content (AvgIpc) is 2.70. The van der Waals surface area contributed by atoms with Gasteiger partial charge in [0.1, 0.15) is 13.1 Å². The second-order valence-electron chi connectivity index (χ2n) is 6.03. The van der Waals surface area contributed by atoms with Crippen LogP contribution in [-0.4, -0.2) is 46.0 Å². The van der Waals surface area contributed by atoms with Gasteiger partial charge in [-0.25, -0.2) is 0 Å². The molecular formula is C15H23N2O2PS. The summed E-state index contributed by atoms with van der Waals surface area (Å²) < 4.78 is 16.2. The summed E-state index contributed by atoms with van der Waals surface area (Å²) in [4.78, 5) is 14.6. The Morgan fingerprint density at radius 3 is 2.19 bits per heavy atom. The zero-order valence-electron chi connectivity index (χ0n) is 12.9. The van der Waals surface area contributed by atoms with E-state index in [0.29, 0.717) is 17.0 Å². The van der Waals surface area contributed by atoms with E-state index in [-0.39, 0.29) is 0 Å². The average molecular weight is 326 g/mol. The molecule has 1 unspecified atom stereocenters. The second kappa shape index (κ2) is 5.71. The maximum Gasteiger partial charge on any atom is 0.142 e. The summed E-state index contributed by atoms with van der Waals surface area (Å²) in [6, 6.07) is 8.21. The van der Waals surface area contributed by atoms with Crippen molar-refractivity contribution in [3.63, 3.8) is 0 Å². The molecule has 1 aliphatic carbocycles. The monoisotopic (exact) mass is 326 g/mol. The van der Waals surface area contributed by atoms with Gasteiger partial charge in [-0.2, -0.15) is 9.34 Å². The van der Waals surface area contributed by atoms with Crippen molar-refractivity contribution in [2.24, 2.45) is 0 Å². The van der Waals surface area contributed by atoms with Crippen molar-refractivity contribution in [3.05, 3.63) is 24.3 Å². The molecule has 4 nitrogen and oxygen atoms in total. The number of hydrogen-bond acceptors (Lipinski definition) is 4. The van der Waals surface area contributed by atoms with Crippen LogP contribution in [0, 0.1) is 0 Å². The fourth-order valence-corrected chi connectivity index (χ4v) is 8.35. The molecule has 1 aliphatic heterocycles. The predicted molar refractivity (Wildman–Crippen MR) is 86.9 cm³/mol. The largest absolute Gasteiger partial charge is 0.646 e. The Hall–Kier alpha value is -0.320. The highest BCUT2D eigenvalue weighted by Crippen LogP contribution is 2.64. The molecule has 116 valence electrons. The van der Waals surface area contributed by atoms with Crippen molar-refractivity contribution in [2.75, 3.05) is 20.4 Å². The first-order valence-corrected chi connectivity index (χ1v) is 10.6. The van der Waals surface area contributed by atoms with Gasteiger partial charge in [0.05, 0.1) is 27.8 Å². The maximum atomic E-state index is 13.9. The molecule has 0 N–H and O–H groups in total. The first-order chi connectivity index (χ1) is 9.98. The third-order valence-electron chi connectivity index (χ3n) is 5.00. The van der Waals surface area contributed by atoms with E-state index in [0.717, 1.165) is 18.1 Å². The van der Waals surface area contributed by atoms with Crippen LogP contribution >= 0.6 is 7.79 Å². The predicted octanol–water partition coefficient (Wildman–Crippen LogP) is 1.36. The Kier molecular flexibility index (Phi) is 4.23. The summed E-state index contributed by atoms with van der Waals surface area (Å²) in [5.41, 5.74) is 0. The lowest BCUT2D eigenvalue weighted by molar-refractivity contribution is -0.185. The van der Waals surface area contributed by atoms with Crippen molar-refractivity contribution >= 4 is 23.9 Å².